The summed E-state index contributed by atoms with van der Waals surface area (Å²) in [5, 5.41) is 5.84. The van der Waals surface area contributed by atoms with Crippen LogP contribution in [0.2, 0.25) is 0 Å². The lowest BCUT2D eigenvalue weighted by Crippen LogP contribution is -2.49. The number of benzene rings is 2. The molecule has 1 saturated heterocycles. The average Bonchev–Trinajstić information content (AvgIpc) is 2.86. The van der Waals surface area contributed by atoms with Crippen molar-refractivity contribution >= 4 is 17.5 Å². The number of nitrogens with zero attached hydrogens (tertiary/aromatic N) is 1. The molecular formula is C26H35N3O5. The molecule has 3 rings (SSSR count). The molecule has 1 unspecified atom stereocenters. The maximum Gasteiger partial charge on any atom is 0.262 e. The van der Waals surface area contributed by atoms with Gasteiger partial charge in [-0.25, -0.2) is 0 Å². The van der Waals surface area contributed by atoms with Gasteiger partial charge in [-0.05, 0) is 48.7 Å². The summed E-state index contributed by atoms with van der Waals surface area (Å²) in [6.07, 6.45) is 1.02. The normalized spacial score (nSPS) is 14.9. The highest BCUT2D eigenvalue weighted by Gasteiger charge is 2.22. The number of methoxy groups -OCH3 is 1. The van der Waals surface area contributed by atoms with Crippen LogP contribution in [0.3, 0.4) is 0 Å². The second-order valence-electron chi connectivity index (χ2n) is 8.73. The summed E-state index contributed by atoms with van der Waals surface area (Å²) in [6.45, 7) is 8.12. The summed E-state index contributed by atoms with van der Waals surface area (Å²) in [5.41, 5.74) is 1.19. The van der Waals surface area contributed by atoms with Gasteiger partial charge in [0.05, 0.1) is 20.3 Å². The molecule has 34 heavy (non-hydrogen) atoms. The topological polar surface area (TPSA) is 89.1 Å². The van der Waals surface area contributed by atoms with Crippen molar-refractivity contribution in [2.75, 3.05) is 51.9 Å². The molecule has 184 valence electrons. The zero-order valence-corrected chi connectivity index (χ0v) is 20.2. The zero-order valence-electron chi connectivity index (χ0n) is 20.2. The maximum absolute atomic E-state index is 12.7. The van der Waals surface area contributed by atoms with Crippen molar-refractivity contribution in [2.45, 2.75) is 26.3 Å². The van der Waals surface area contributed by atoms with E-state index in [0.717, 1.165) is 32.7 Å². The number of amides is 2. The molecule has 2 amide bonds. The van der Waals surface area contributed by atoms with Gasteiger partial charge in [0.15, 0.2) is 6.61 Å². The first-order valence-corrected chi connectivity index (χ1v) is 11.7. The Morgan fingerprint density at radius 1 is 1.06 bits per heavy atom. The molecule has 0 radical (unpaired) electrons. The third-order valence-corrected chi connectivity index (χ3v) is 5.64. The molecule has 8 nitrogen and oxygen atoms in total. The van der Waals surface area contributed by atoms with Crippen molar-refractivity contribution in [1.29, 1.82) is 0 Å². The molecule has 0 aromatic heterocycles. The average molecular weight is 470 g/mol. The predicted molar refractivity (Wildman–Crippen MR) is 132 cm³/mol. The first-order valence-electron chi connectivity index (χ1n) is 11.7. The number of rotatable bonds is 11. The van der Waals surface area contributed by atoms with Crippen molar-refractivity contribution in [3.8, 4) is 11.5 Å². The van der Waals surface area contributed by atoms with E-state index in [0.29, 0.717) is 41.3 Å². The van der Waals surface area contributed by atoms with Gasteiger partial charge in [0.25, 0.3) is 11.8 Å². The molecule has 1 aliphatic rings. The van der Waals surface area contributed by atoms with Gasteiger partial charge < -0.3 is 24.8 Å². The monoisotopic (exact) mass is 469 g/mol. The van der Waals surface area contributed by atoms with E-state index in [-0.39, 0.29) is 18.4 Å². The van der Waals surface area contributed by atoms with Crippen LogP contribution in [0.1, 0.15) is 30.6 Å². The van der Waals surface area contributed by atoms with Crippen LogP contribution >= 0.6 is 0 Å². The van der Waals surface area contributed by atoms with E-state index >= 15 is 0 Å². The maximum atomic E-state index is 12.7. The Hall–Kier alpha value is -3.10. The number of anilines is 1. The van der Waals surface area contributed by atoms with E-state index in [1.54, 1.807) is 55.6 Å². The Balaban J connectivity index is 1.47. The van der Waals surface area contributed by atoms with Gasteiger partial charge in [0, 0.05) is 43.0 Å². The van der Waals surface area contributed by atoms with Gasteiger partial charge in [0.2, 0.25) is 0 Å². The number of carbonyl (C=O) groups excluding carboxylic acids is 2. The molecular weight excluding hydrogens is 434 g/mol. The molecule has 2 aromatic rings. The van der Waals surface area contributed by atoms with Crippen LogP contribution in [0.15, 0.2) is 48.5 Å². The number of ether oxygens (including phenoxy) is 3. The Labute approximate surface area is 201 Å². The summed E-state index contributed by atoms with van der Waals surface area (Å²) >= 11 is 0. The largest absolute Gasteiger partial charge is 0.497 e. The van der Waals surface area contributed by atoms with Gasteiger partial charge in [-0.1, -0.05) is 19.9 Å². The van der Waals surface area contributed by atoms with Gasteiger partial charge in [-0.2, -0.15) is 0 Å². The Morgan fingerprint density at radius 3 is 2.47 bits per heavy atom. The van der Waals surface area contributed by atoms with Crippen LogP contribution in [-0.4, -0.2) is 69.3 Å². The molecule has 2 aromatic carbocycles. The van der Waals surface area contributed by atoms with E-state index in [1.165, 1.54) is 0 Å². The second-order valence-corrected chi connectivity index (χ2v) is 8.73. The van der Waals surface area contributed by atoms with Gasteiger partial charge >= 0.3 is 0 Å². The summed E-state index contributed by atoms with van der Waals surface area (Å²) in [5.74, 6) is 1.32. The molecule has 1 heterocycles. The number of hydrogen-bond acceptors (Lipinski definition) is 6. The first kappa shape index (κ1) is 25.5. The molecule has 1 aliphatic heterocycles. The Kier molecular flexibility index (Phi) is 9.73. The Bertz CT molecular complexity index is 926. The van der Waals surface area contributed by atoms with Crippen LogP contribution < -0.4 is 20.1 Å². The number of morpholine rings is 1. The van der Waals surface area contributed by atoms with Gasteiger partial charge in [0.1, 0.15) is 11.5 Å². The van der Waals surface area contributed by atoms with Crippen LogP contribution in [0, 0.1) is 5.92 Å². The molecule has 0 bridgehead atoms. The first-order chi connectivity index (χ1) is 16.4. The molecule has 2 N–H and O–H groups in total. The highest BCUT2D eigenvalue weighted by atomic mass is 16.5. The third kappa shape index (κ3) is 8.04. The minimum absolute atomic E-state index is 0.121. The fourth-order valence-corrected chi connectivity index (χ4v) is 3.91. The quantitative estimate of drug-likeness (QED) is 0.526. The summed E-state index contributed by atoms with van der Waals surface area (Å²) in [6, 6.07) is 14.2. The predicted octanol–water partition coefficient (Wildman–Crippen LogP) is 3.19. The third-order valence-electron chi connectivity index (χ3n) is 5.64. The number of hydrogen-bond donors (Lipinski definition) is 2. The molecule has 0 spiro atoms. The molecule has 1 atom stereocenters. The SMILES string of the molecule is COc1cccc(NC(=O)COc2ccc(C(=O)NCC(CC(C)C)N3CCOCC3)cc2)c1. The van der Waals surface area contributed by atoms with Crippen molar-refractivity contribution in [3.05, 3.63) is 54.1 Å². The molecule has 0 saturated carbocycles. The molecule has 8 heteroatoms. The second kappa shape index (κ2) is 13.0. The number of nitrogens with one attached hydrogen (secondary N) is 2. The van der Waals surface area contributed by atoms with Crippen molar-refractivity contribution < 1.29 is 23.8 Å². The standard InChI is InChI=1S/C26H35N3O5/c1-19(2)15-22(29-11-13-33-14-12-29)17-27-26(31)20-7-9-23(10-8-20)34-18-25(30)28-21-5-4-6-24(16-21)32-3/h4-10,16,19,22H,11-15,17-18H2,1-3H3,(H,27,31)(H,28,30). The molecule has 1 fully saturated rings. The molecule has 0 aliphatic carbocycles. The lowest BCUT2D eigenvalue weighted by atomic mass is 10.0. The van der Waals surface area contributed by atoms with Crippen molar-refractivity contribution in [3.63, 3.8) is 0 Å². The Morgan fingerprint density at radius 2 is 1.79 bits per heavy atom. The summed E-state index contributed by atoms with van der Waals surface area (Å²) in [4.78, 5) is 27.2. The smallest absolute Gasteiger partial charge is 0.262 e. The van der Waals surface area contributed by atoms with E-state index < -0.39 is 0 Å². The van der Waals surface area contributed by atoms with Crippen molar-refractivity contribution in [2.24, 2.45) is 5.92 Å². The minimum atomic E-state index is -0.283. The highest BCUT2D eigenvalue weighted by Crippen LogP contribution is 2.17. The van der Waals surface area contributed by atoms with Gasteiger partial charge in [-0.3, -0.25) is 14.5 Å². The lowest BCUT2D eigenvalue weighted by molar-refractivity contribution is -0.118. The fraction of sp³-hybridized carbons (Fsp3) is 0.462. The zero-order chi connectivity index (χ0) is 24.3. The summed E-state index contributed by atoms with van der Waals surface area (Å²) in [7, 11) is 1.57. The van der Waals surface area contributed by atoms with E-state index in [9.17, 15) is 9.59 Å². The number of carbonyl (C=O) groups is 2. The van der Waals surface area contributed by atoms with E-state index in [2.05, 4.69) is 29.4 Å². The highest BCUT2D eigenvalue weighted by molar-refractivity contribution is 5.94. The summed E-state index contributed by atoms with van der Waals surface area (Å²) < 4.78 is 16.2. The van der Waals surface area contributed by atoms with Crippen LogP contribution in [0.25, 0.3) is 0 Å². The van der Waals surface area contributed by atoms with Crippen molar-refractivity contribution in [1.82, 2.24) is 10.2 Å². The minimum Gasteiger partial charge on any atom is -0.497 e. The van der Waals surface area contributed by atoms with Crippen LogP contribution in [-0.2, 0) is 9.53 Å². The van der Waals surface area contributed by atoms with E-state index in [4.69, 9.17) is 14.2 Å². The van der Waals surface area contributed by atoms with Crippen LogP contribution in [0.5, 0.6) is 11.5 Å². The van der Waals surface area contributed by atoms with Gasteiger partial charge in [-0.15, -0.1) is 0 Å². The van der Waals surface area contributed by atoms with E-state index in [1.807, 2.05) is 0 Å². The lowest BCUT2D eigenvalue weighted by Gasteiger charge is -2.35. The van der Waals surface area contributed by atoms with Crippen LogP contribution in [0.4, 0.5) is 5.69 Å². The fourth-order valence-electron chi connectivity index (χ4n) is 3.91.